The van der Waals surface area contributed by atoms with Crippen LogP contribution < -0.4 is 5.43 Å². The lowest BCUT2D eigenvalue weighted by atomic mass is 10.1. The summed E-state index contributed by atoms with van der Waals surface area (Å²) in [5.41, 5.74) is 1.07. The van der Waals surface area contributed by atoms with Gasteiger partial charge in [-0.15, -0.1) is 0 Å². The van der Waals surface area contributed by atoms with E-state index in [9.17, 15) is 35.4 Å². The molecule has 0 heterocycles. The molecule has 0 aliphatic rings. The number of non-ortho nitro benzene ring substituents is 2. The zero-order chi connectivity index (χ0) is 18.6. The summed E-state index contributed by atoms with van der Waals surface area (Å²) in [7, 11) is 0. The first-order valence-electron chi connectivity index (χ1n) is 6.49. The van der Waals surface area contributed by atoms with Crippen molar-refractivity contribution in [2.45, 2.75) is 0 Å². The van der Waals surface area contributed by atoms with Crippen LogP contribution in [-0.4, -0.2) is 26.1 Å². The molecule has 2 N–H and O–H groups in total. The van der Waals surface area contributed by atoms with Crippen molar-refractivity contribution in [1.82, 2.24) is 0 Å². The van der Waals surface area contributed by atoms with Crippen molar-refractivity contribution in [1.29, 1.82) is 0 Å². The molecule has 128 valence electrons. The summed E-state index contributed by atoms with van der Waals surface area (Å²) in [6.45, 7) is 0. The molecule has 0 bridgehead atoms. The highest BCUT2D eigenvalue weighted by Crippen LogP contribution is 2.33. The van der Waals surface area contributed by atoms with Crippen LogP contribution in [0, 0.1) is 30.3 Å². The maximum absolute atomic E-state index is 10.8. The predicted molar refractivity (Wildman–Crippen MR) is 85.7 cm³/mol. The summed E-state index contributed by atoms with van der Waals surface area (Å²) in [6, 6.07) is 6.75. The van der Waals surface area contributed by atoms with E-state index in [0.717, 1.165) is 12.3 Å². The molecule has 0 amide bonds. The number of rotatable bonds is 6. The number of nitro groups is 3. The maximum Gasteiger partial charge on any atom is 0.318 e. The zero-order valence-electron chi connectivity index (χ0n) is 12.2. The number of hydrogen-bond acceptors (Lipinski definition) is 9. The molecule has 0 saturated heterocycles. The molecular formula is C13H9N5O7. The molecule has 0 aliphatic heterocycles. The van der Waals surface area contributed by atoms with Crippen LogP contribution in [0.3, 0.4) is 0 Å². The summed E-state index contributed by atoms with van der Waals surface area (Å²) in [5.74, 6) is -0.773. The number of nitrogens with zero attached hydrogens (tertiary/aromatic N) is 4. The van der Waals surface area contributed by atoms with Crippen molar-refractivity contribution in [2.24, 2.45) is 5.10 Å². The van der Waals surface area contributed by atoms with E-state index in [4.69, 9.17) is 0 Å². The molecule has 2 aromatic carbocycles. The Bertz CT molecular complexity index is 879. The molecule has 0 aromatic heterocycles. The van der Waals surface area contributed by atoms with Crippen LogP contribution in [0.4, 0.5) is 22.7 Å². The average Bonchev–Trinajstić information content (AvgIpc) is 2.56. The number of anilines is 1. The van der Waals surface area contributed by atoms with E-state index in [-0.39, 0.29) is 11.3 Å². The fourth-order valence-electron chi connectivity index (χ4n) is 1.80. The smallest absolute Gasteiger partial charge is 0.318 e. The number of benzene rings is 2. The largest absolute Gasteiger partial charge is 0.502 e. The molecule has 0 aliphatic carbocycles. The molecule has 12 nitrogen and oxygen atoms in total. The van der Waals surface area contributed by atoms with E-state index in [1.54, 1.807) is 0 Å². The van der Waals surface area contributed by atoms with Gasteiger partial charge in [-0.25, -0.2) is 0 Å². The Morgan fingerprint density at radius 2 is 1.52 bits per heavy atom. The van der Waals surface area contributed by atoms with Gasteiger partial charge in [0, 0.05) is 18.2 Å². The zero-order valence-corrected chi connectivity index (χ0v) is 12.2. The molecule has 0 radical (unpaired) electrons. The van der Waals surface area contributed by atoms with Gasteiger partial charge in [0.25, 0.3) is 11.4 Å². The van der Waals surface area contributed by atoms with Gasteiger partial charge in [0.1, 0.15) is 0 Å². The third kappa shape index (κ3) is 4.01. The molecule has 12 heteroatoms. The topological polar surface area (TPSA) is 174 Å². The van der Waals surface area contributed by atoms with Gasteiger partial charge in [-0.3, -0.25) is 35.8 Å². The van der Waals surface area contributed by atoms with Crippen LogP contribution in [0.5, 0.6) is 5.75 Å². The molecule has 0 spiro atoms. The lowest BCUT2D eigenvalue weighted by Crippen LogP contribution is -1.98. The molecule has 0 unspecified atom stereocenters. The quantitative estimate of drug-likeness (QED) is 0.455. The highest BCUT2D eigenvalue weighted by atomic mass is 16.6. The van der Waals surface area contributed by atoms with Crippen molar-refractivity contribution >= 4 is 29.0 Å². The third-order valence-electron chi connectivity index (χ3n) is 2.99. The van der Waals surface area contributed by atoms with E-state index in [1.165, 1.54) is 24.3 Å². The van der Waals surface area contributed by atoms with Gasteiger partial charge >= 0.3 is 5.69 Å². The molecule has 0 fully saturated rings. The number of phenols is 1. The van der Waals surface area contributed by atoms with Gasteiger partial charge in [-0.1, -0.05) is 0 Å². The monoisotopic (exact) mass is 347 g/mol. The summed E-state index contributed by atoms with van der Waals surface area (Å²) < 4.78 is 0. The maximum atomic E-state index is 10.8. The van der Waals surface area contributed by atoms with Crippen molar-refractivity contribution < 1.29 is 19.9 Å². The summed E-state index contributed by atoms with van der Waals surface area (Å²) >= 11 is 0. The van der Waals surface area contributed by atoms with E-state index >= 15 is 0 Å². The van der Waals surface area contributed by atoms with E-state index in [1.807, 2.05) is 0 Å². The minimum Gasteiger partial charge on any atom is -0.502 e. The summed E-state index contributed by atoms with van der Waals surface area (Å²) in [4.78, 5) is 29.8. The fraction of sp³-hybridized carbons (Fsp3) is 0. The van der Waals surface area contributed by atoms with Gasteiger partial charge in [0.05, 0.1) is 38.3 Å². The molecule has 0 saturated carbocycles. The van der Waals surface area contributed by atoms with Crippen molar-refractivity contribution in [2.75, 3.05) is 5.43 Å². The Balaban J connectivity index is 2.26. The van der Waals surface area contributed by atoms with Gasteiger partial charge in [0.15, 0.2) is 0 Å². The van der Waals surface area contributed by atoms with E-state index < -0.39 is 31.9 Å². The first kappa shape index (κ1) is 17.3. The number of aromatic hydroxyl groups is 1. The second-order valence-corrected chi connectivity index (χ2v) is 4.59. The number of hydrogen-bond donors (Lipinski definition) is 2. The third-order valence-corrected chi connectivity index (χ3v) is 2.99. The standard InChI is InChI=1S/C13H9N5O7/c19-13-8(5-11(17(22)23)6-12(13)18(24)25)7-14-15-9-1-3-10(4-2-9)16(20)21/h1-7,15,19H. The Labute approximate surface area is 138 Å². The minimum absolute atomic E-state index is 0.124. The van der Waals surface area contributed by atoms with Crippen molar-refractivity contribution in [3.05, 3.63) is 72.3 Å². The highest BCUT2D eigenvalue weighted by molar-refractivity contribution is 5.87. The van der Waals surface area contributed by atoms with Gasteiger partial charge < -0.3 is 5.11 Å². The van der Waals surface area contributed by atoms with Gasteiger partial charge in [0.2, 0.25) is 5.75 Å². The van der Waals surface area contributed by atoms with Crippen LogP contribution in [-0.2, 0) is 0 Å². The lowest BCUT2D eigenvalue weighted by molar-refractivity contribution is -0.394. The molecule has 0 atom stereocenters. The van der Waals surface area contributed by atoms with Crippen LogP contribution in [0.2, 0.25) is 0 Å². The van der Waals surface area contributed by atoms with Crippen LogP contribution in [0.15, 0.2) is 41.5 Å². The first-order chi connectivity index (χ1) is 11.8. The van der Waals surface area contributed by atoms with Crippen molar-refractivity contribution in [3.63, 3.8) is 0 Å². The highest BCUT2D eigenvalue weighted by Gasteiger charge is 2.23. The summed E-state index contributed by atoms with van der Waals surface area (Å²) in [6.07, 6.45) is 0.955. The minimum atomic E-state index is -0.955. The first-order valence-corrected chi connectivity index (χ1v) is 6.49. The van der Waals surface area contributed by atoms with Gasteiger partial charge in [-0.05, 0) is 12.1 Å². The SMILES string of the molecule is O=[N+]([O-])c1ccc(NN=Cc2cc([N+](=O)[O-])cc([N+](=O)[O-])c2O)cc1. The fourth-order valence-corrected chi connectivity index (χ4v) is 1.80. The van der Waals surface area contributed by atoms with Crippen LogP contribution in [0.25, 0.3) is 0 Å². The Kier molecular flexibility index (Phi) is 4.83. The summed E-state index contributed by atoms with van der Waals surface area (Å²) in [5, 5.41) is 45.7. The molecular weight excluding hydrogens is 338 g/mol. The average molecular weight is 347 g/mol. The number of nitrogens with one attached hydrogen (secondary N) is 1. The van der Waals surface area contributed by atoms with Crippen molar-refractivity contribution in [3.8, 4) is 5.75 Å². The predicted octanol–water partition coefficient (Wildman–Crippen LogP) is 2.56. The van der Waals surface area contributed by atoms with E-state index in [0.29, 0.717) is 11.8 Å². The molecule has 2 rings (SSSR count). The van der Waals surface area contributed by atoms with Crippen LogP contribution >= 0.6 is 0 Å². The Morgan fingerprint density at radius 1 is 0.920 bits per heavy atom. The second-order valence-electron chi connectivity index (χ2n) is 4.59. The molecule has 2 aromatic rings. The molecule has 25 heavy (non-hydrogen) atoms. The van der Waals surface area contributed by atoms with Crippen LogP contribution in [0.1, 0.15) is 5.56 Å². The Morgan fingerprint density at radius 3 is 2.04 bits per heavy atom. The van der Waals surface area contributed by atoms with E-state index in [2.05, 4.69) is 10.5 Å². The number of nitro benzene ring substituents is 3. The number of phenolic OH excluding ortho intramolecular Hbond substituents is 1. The normalized spacial score (nSPS) is 10.6. The van der Waals surface area contributed by atoms with Gasteiger partial charge in [-0.2, -0.15) is 5.10 Å². The Hall–Kier alpha value is -4.09. The number of hydrazone groups is 1. The second kappa shape index (κ2) is 6.99. The lowest BCUT2D eigenvalue weighted by Gasteiger charge is -2.02.